The van der Waals surface area contributed by atoms with E-state index >= 15 is 0 Å². The Hall–Kier alpha value is -1.81. The van der Waals surface area contributed by atoms with Gasteiger partial charge in [0.05, 0.1) is 0 Å². The average molecular weight is 265 g/mol. The topological polar surface area (TPSA) is 51.1 Å². The molecule has 1 aromatic carbocycles. The number of carbonyl (C=O) groups excluding carboxylic acids is 1. The van der Waals surface area contributed by atoms with E-state index < -0.39 is 5.38 Å². The lowest BCUT2D eigenvalue weighted by molar-refractivity contribution is -0.115. The second-order valence-electron chi connectivity index (χ2n) is 4.14. The lowest BCUT2D eigenvalue weighted by Crippen LogP contribution is -2.21. The van der Waals surface area contributed by atoms with Crippen molar-refractivity contribution in [2.75, 3.05) is 5.32 Å². The fourth-order valence-electron chi connectivity index (χ4n) is 1.66. The Balaban J connectivity index is 2.47. The van der Waals surface area contributed by atoms with Crippen molar-refractivity contribution in [3.8, 4) is 0 Å². The number of hydrogen-bond donors (Lipinski definition) is 1. The van der Waals surface area contributed by atoms with E-state index in [0.29, 0.717) is 11.1 Å². The van der Waals surface area contributed by atoms with Gasteiger partial charge in [0.25, 0.3) is 5.56 Å². The molecule has 0 spiro atoms. The fourth-order valence-corrected chi connectivity index (χ4v) is 1.71. The molecule has 1 amide bonds. The third kappa shape index (κ3) is 2.38. The zero-order valence-electron chi connectivity index (χ0n) is 10.1. The van der Waals surface area contributed by atoms with Crippen LogP contribution in [0.4, 0.5) is 5.69 Å². The van der Waals surface area contributed by atoms with Gasteiger partial charge in [-0.15, -0.1) is 11.6 Å². The summed E-state index contributed by atoms with van der Waals surface area (Å²) in [6.07, 6.45) is 1.71. The molecule has 1 atom stereocenters. The first-order valence-electron chi connectivity index (χ1n) is 5.53. The molecule has 0 radical (unpaired) electrons. The molecule has 1 aromatic heterocycles. The van der Waals surface area contributed by atoms with Crippen LogP contribution in [-0.4, -0.2) is 15.9 Å². The summed E-state index contributed by atoms with van der Waals surface area (Å²) in [5, 5.41) is 3.46. The Labute approximate surface area is 109 Å². The molecule has 2 aromatic rings. The Morgan fingerprint density at radius 3 is 2.78 bits per heavy atom. The van der Waals surface area contributed by atoms with Crippen LogP contribution >= 0.6 is 11.6 Å². The third-order valence-electron chi connectivity index (χ3n) is 2.71. The highest BCUT2D eigenvalue weighted by Gasteiger charge is 2.10. The van der Waals surface area contributed by atoms with E-state index in [2.05, 4.69) is 5.32 Å². The second-order valence-corrected chi connectivity index (χ2v) is 4.79. The lowest BCUT2D eigenvalue weighted by atomic mass is 10.1. The van der Waals surface area contributed by atoms with Gasteiger partial charge in [-0.2, -0.15) is 0 Å². The molecule has 4 nitrogen and oxygen atoms in total. The van der Waals surface area contributed by atoms with Crippen molar-refractivity contribution < 1.29 is 4.79 Å². The SMILES string of the molecule is CC(Cl)C(=O)Nc1ccc2ccn(C)c(=O)c2c1. The highest BCUT2D eigenvalue weighted by atomic mass is 35.5. The zero-order chi connectivity index (χ0) is 13.3. The smallest absolute Gasteiger partial charge is 0.258 e. The number of halogens is 1. The molecule has 0 saturated carbocycles. The number of nitrogens with zero attached hydrogens (tertiary/aromatic N) is 1. The molecule has 94 valence electrons. The summed E-state index contributed by atoms with van der Waals surface area (Å²) < 4.78 is 1.50. The summed E-state index contributed by atoms with van der Waals surface area (Å²) in [5.74, 6) is -0.288. The van der Waals surface area contributed by atoms with E-state index in [-0.39, 0.29) is 11.5 Å². The van der Waals surface area contributed by atoms with Crippen molar-refractivity contribution in [2.45, 2.75) is 12.3 Å². The maximum Gasteiger partial charge on any atom is 0.258 e. The third-order valence-corrected chi connectivity index (χ3v) is 2.91. The summed E-state index contributed by atoms with van der Waals surface area (Å²) >= 11 is 5.67. The molecule has 2 rings (SSSR count). The minimum Gasteiger partial charge on any atom is -0.325 e. The molecule has 18 heavy (non-hydrogen) atoms. The normalized spacial score (nSPS) is 12.4. The van der Waals surface area contributed by atoms with Gasteiger partial charge in [-0.05, 0) is 30.5 Å². The number of fused-ring (bicyclic) bond motifs is 1. The van der Waals surface area contributed by atoms with Crippen molar-refractivity contribution in [1.82, 2.24) is 4.57 Å². The fraction of sp³-hybridized carbons (Fsp3) is 0.231. The molecule has 1 heterocycles. The molecule has 0 aliphatic rings. The van der Waals surface area contributed by atoms with E-state index in [0.717, 1.165) is 5.39 Å². The second kappa shape index (κ2) is 4.82. The summed E-state index contributed by atoms with van der Waals surface area (Å²) in [6, 6.07) is 7.06. The van der Waals surface area contributed by atoms with Gasteiger partial charge in [-0.3, -0.25) is 9.59 Å². The zero-order valence-corrected chi connectivity index (χ0v) is 10.9. The Morgan fingerprint density at radius 2 is 2.11 bits per heavy atom. The Kier molecular flexibility index (Phi) is 3.39. The largest absolute Gasteiger partial charge is 0.325 e. The van der Waals surface area contributed by atoms with Gasteiger partial charge in [0.1, 0.15) is 5.38 Å². The summed E-state index contributed by atoms with van der Waals surface area (Å²) in [7, 11) is 1.69. The number of alkyl halides is 1. The van der Waals surface area contributed by atoms with Crippen molar-refractivity contribution in [3.05, 3.63) is 40.8 Å². The molecular weight excluding hydrogens is 252 g/mol. The van der Waals surface area contributed by atoms with Crippen LogP contribution in [0.3, 0.4) is 0 Å². The Morgan fingerprint density at radius 1 is 1.39 bits per heavy atom. The first-order chi connectivity index (χ1) is 8.49. The van der Waals surface area contributed by atoms with Crippen LogP contribution in [0.5, 0.6) is 0 Å². The first kappa shape index (κ1) is 12.6. The van der Waals surface area contributed by atoms with Crippen LogP contribution in [-0.2, 0) is 11.8 Å². The molecule has 0 aliphatic heterocycles. The number of pyridine rings is 1. The molecule has 1 unspecified atom stereocenters. The minimum absolute atomic E-state index is 0.0949. The summed E-state index contributed by atoms with van der Waals surface area (Å²) in [5.41, 5.74) is 0.478. The van der Waals surface area contributed by atoms with Crippen molar-refractivity contribution in [2.24, 2.45) is 7.05 Å². The number of rotatable bonds is 2. The Bertz CT molecular complexity index is 662. The summed E-state index contributed by atoms with van der Waals surface area (Å²) in [4.78, 5) is 23.4. The number of anilines is 1. The molecule has 0 saturated heterocycles. The van der Waals surface area contributed by atoms with E-state index in [1.165, 1.54) is 4.57 Å². The van der Waals surface area contributed by atoms with Crippen LogP contribution < -0.4 is 10.9 Å². The number of aromatic nitrogens is 1. The van der Waals surface area contributed by atoms with E-state index in [1.54, 1.807) is 38.4 Å². The van der Waals surface area contributed by atoms with Gasteiger partial charge < -0.3 is 9.88 Å². The number of benzene rings is 1. The van der Waals surface area contributed by atoms with E-state index in [1.807, 2.05) is 6.07 Å². The molecule has 0 fully saturated rings. The monoisotopic (exact) mass is 264 g/mol. The molecule has 0 bridgehead atoms. The molecule has 1 N–H and O–H groups in total. The highest BCUT2D eigenvalue weighted by molar-refractivity contribution is 6.32. The van der Waals surface area contributed by atoms with Gasteiger partial charge in [0, 0.05) is 24.3 Å². The number of amides is 1. The maximum atomic E-state index is 11.9. The summed E-state index contributed by atoms with van der Waals surface area (Å²) in [6.45, 7) is 1.59. The van der Waals surface area contributed by atoms with Gasteiger partial charge in [-0.25, -0.2) is 0 Å². The quantitative estimate of drug-likeness (QED) is 0.845. The number of carbonyl (C=O) groups is 1. The van der Waals surface area contributed by atoms with Crippen LogP contribution in [0, 0.1) is 0 Å². The average Bonchev–Trinajstić information content (AvgIpc) is 2.34. The van der Waals surface area contributed by atoms with Gasteiger partial charge in [0.2, 0.25) is 5.91 Å². The maximum absolute atomic E-state index is 11.9. The van der Waals surface area contributed by atoms with E-state index in [4.69, 9.17) is 11.6 Å². The number of aryl methyl sites for hydroxylation is 1. The standard InChI is InChI=1S/C13H13ClN2O2/c1-8(14)12(17)15-10-4-3-9-5-6-16(2)13(18)11(9)7-10/h3-8H,1-2H3,(H,15,17). The highest BCUT2D eigenvalue weighted by Crippen LogP contribution is 2.16. The first-order valence-corrected chi connectivity index (χ1v) is 5.97. The van der Waals surface area contributed by atoms with Crippen LogP contribution in [0.25, 0.3) is 10.8 Å². The predicted molar refractivity (Wildman–Crippen MR) is 73.1 cm³/mol. The predicted octanol–water partition coefficient (Wildman–Crippen LogP) is 2.10. The van der Waals surface area contributed by atoms with Crippen molar-refractivity contribution >= 4 is 34.0 Å². The van der Waals surface area contributed by atoms with Crippen LogP contribution in [0.1, 0.15) is 6.92 Å². The molecule has 5 heteroatoms. The number of hydrogen-bond acceptors (Lipinski definition) is 2. The minimum atomic E-state index is -0.612. The lowest BCUT2D eigenvalue weighted by Gasteiger charge is -2.08. The number of nitrogens with one attached hydrogen (secondary N) is 1. The van der Waals surface area contributed by atoms with E-state index in [9.17, 15) is 9.59 Å². The van der Waals surface area contributed by atoms with Gasteiger partial charge >= 0.3 is 0 Å². The molecular formula is C13H13ClN2O2. The van der Waals surface area contributed by atoms with Crippen LogP contribution in [0.15, 0.2) is 35.3 Å². The van der Waals surface area contributed by atoms with Gasteiger partial charge in [0.15, 0.2) is 0 Å². The molecule has 0 aliphatic carbocycles. The van der Waals surface area contributed by atoms with Gasteiger partial charge in [-0.1, -0.05) is 6.07 Å². The van der Waals surface area contributed by atoms with Crippen molar-refractivity contribution in [3.63, 3.8) is 0 Å². The van der Waals surface area contributed by atoms with Crippen molar-refractivity contribution in [1.29, 1.82) is 0 Å². The van der Waals surface area contributed by atoms with Crippen LogP contribution in [0.2, 0.25) is 0 Å².